The Morgan fingerprint density at radius 1 is 1.26 bits per heavy atom. The predicted octanol–water partition coefficient (Wildman–Crippen LogP) is 2.16. The third-order valence-corrected chi connectivity index (χ3v) is 7.98. The summed E-state index contributed by atoms with van der Waals surface area (Å²) in [6.07, 6.45) is 7.47. The van der Waals surface area contributed by atoms with Gasteiger partial charge in [0.1, 0.15) is 11.5 Å². The molecule has 9 nitrogen and oxygen atoms in total. The van der Waals surface area contributed by atoms with Gasteiger partial charge >= 0.3 is 6.03 Å². The molecule has 1 unspecified atom stereocenters. The molecule has 0 spiro atoms. The molecule has 166 valence electrons. The molecular formula is C21H28N6O3S. The maximum absolute atomic E-state index is 13.2. The molecule has 0 bridgehead atoms. The molecule has 2 aromatic rings. The monoisotopic (exact) mass is 444 g/mol. The highest BCUT2D eigenvalue weighted by atomic mass is 32.2. The highest BCUT2D eigenvalue weighted by Gasteiger charge is 2.34. The maximum atomic E-state index is 13.2. The standard InChI is InChI=1S/C21H28N6O3S/c1-21(23-2)11-27-19(30-12-21)17(10-24-27)31(22,29)26-20(28)25-18-15-7-3-5-13(15)9-14-6-4-8-16(14)18/h9-10,23H,3-8,11-12H2,1-2H3,(H3,22,25,26,28,29)/t21-,31?/m0/s1. The molecule has 2 aliphatic carbocycles. The first kappa shape index (κ1) is 20.5. The number of anilines is 1. The Balaban J connectivity index is 1.45. The van der Waals surface area contributed by atoms with E-state index in [1.54, 1.807) is 4.68 Å². The van der Waals surface area contributed by atoms with Gasteiger partial charge in [-0.15, -0.1) is 4.36 Å². The summed E-state index contributed by atoms with van der Waals surface area (Å²) in [5, 5.41) is 16.4. The van der Waals surface area contributed by atoms with Crippen molar-refractivity contribution in [3.63, 3.8) is 0 Å². The van der Waals surface area contributed by atoms with Crippen molar-refractivity contribution in [2.75, 3.05) is 19.0 Å². The number of fused-ring (bicyclic) bond motifs is 3. The van der Waals surface area contributed by atoms with Crippen molar-refractivity contribution in [1.82, 2.24) is 15.1 Å². The number of benzene rings is 1. The van der Waals surface area contributed by atoms with Gasteiger partial charge in [0, 0.05) is 5.69 Å². The van der Waals surface area contributed by atoms with Crippen molar-refractivity contribution in [2.24, 2.45) is 9.50 Å². The van der Waals surface area contributed by atoms with Crippen LogP contribution in [0.1, 0.15) is 42.0 Å². The number of nitrogens with two attached hydrogens (primary N) is 1. The summed E-state index contributed by atoms with van der Waals surface area (Å²) in [4.78, 5) is 13.0. The van der Waals surface area contributed by atoms with E-state index in [0.29, 0.717) is 19.0 Å². The summed E-state index contributed by atoms with van der Waals surface area (Å²) in [6.45, 7) is 2.90. The largest absolute Gasteiger partial charge is 0.475 e. The zero-order chi connectivity index (χ0) is 21.8. The zero-order valence-electron chi connectivity index (χ0n) is 17.9. The van der Waals surface area contributed by atoms with Gasteiger partial charge in [-0.2, -0.15) is 5.10 Å². The number of aromatic nitrogens is 2. The van der Waals surface area contributed by atoms with Crippen molar-refractivity contribution >= 4 is 21.6 Å². The molecule has 31 heavy (non-hydrogen) atoms. The summed E-state index contributed by atoms with van der Waals surface area (Å²) in [6, 6.07) is 1.59. The molecule has 0 radical (unpaired) electrons. The van der Waals surface area contributed by atoms with Crippen LogP contribution in [0.2, 0.25) is 0 Å². The van der Waals surface area contributed by atoms with Gasteiger partial charge < -0.3 is 15.4 Å². The summed E-state index contributed by atoms with van der Waals surface area (Å²) in [5.41, 5.74) is 5.53. The summed E-state index contributed by atoms with van der Waals surface area (Å²) < 4.78 is 24.5. The first-order chi connectivity index (χ1) is 14.8. The lowest BCUT2D eigenvalue weighted by Crippen LogP contribution is -2.51. The molecule has 4 N–H and O–H groups in total. The van der Waals surface area contributed by atoms with E-state index in [9.17, 15) is 9.00 Å². The minimum absolute atomic E-state index is 0.143. The molecule has 10 heteroatoms. The van der Waals surface area contributed by atoms with Crippen LogP contribution in [0.4, 0.5) is 10.5 Å². The second-order valence-corrected chi connectivity index (χ2v) is 10.7. The normalized spacial score (nSPS) is 23.3. The molecule has 0 saturated heterocycles. The molecule has 0 fully saturated rings. The molecule has 1 aromatic heterocycles. The second kappa shape index (κ2) is 7.32. The Hall–Kier alpha value is -2.43. The number of nitrogens with one attached hydrogen (secondary N) is 2. The van der Waals surface area contributed by atoms with Crippen molar-refractivity contribution in [2.45, 2.75) is 62.4 Å². The third-order valence-electron chi connectivity index (χ3n) is 6.63. The average molecular weight is 445 g/mol. The minimum Gasteiger partial charge on any atom is -0.475 e. The minimum atomic E-state index is -3.52. The number of ether oxygens (including phenoxy) is 1. The van der Waals surface area contributed by atoms with E-state index in [2.05, 4.69) is 26.2 Å². The van der Waals surface area contributed by atoms with Crippen LogP contribution < -0.4 is 20.5 Å². The molecule has 2 heterocycles. The highest BCUT2D eigenvalue weighted by Crippen LogP contribution is 2.39. The molecule has 2 atom stereocenters. The van der Waals surface area contributed by atoms with E-state index >= 15 is 0 Å². The topological polar surface area (TPSA) is 124 Å². The average Bonchev–Trinajstić information content (AvgIpc) is 3.46. The first-order valence-electron chi connectivity index (χ1n) is 10.7. The number of carbonyl (C=O) groups is 1. The smallest absolute Gasteiger partial charge is 0.354 e. The van der Waals surface area contributed by atoms with Gasteiger partial charge in [0.15, 0.2) is 9.92 Å². The van der Waals surface area contributed by atoms with E-state index in [-0.39, 0.29) is 10.4 Å². The lowest BCUT2D eigenvalue weighted by Gasteiger charge is -2.33. The zero-order valence-corrected chi connectivity index (χ0v) is 18.7. The Morgan fingerprint density at radius 3 is 2.58 bits per heavy atom. The van der Waals surface area contributed by atoms with Crippen LogP contribution >= 0.6 is 0 Å². The van der Waals surface area contributed by atoms with Crippen molar-refractivity contribution in [3.8, 4) is 5.88 Å². The first-order valence-corrected chi connectivity index (χ1v) is 12.3. The van der Waals surface area contributed by atoms with Gasteiger partial charge in [0.2, 0.25) is 5.88 Å². The van der Waals surface area contributed by atoms with Crippen LogP contribution in [0.25, 0.3) is 0 Å². The number of carbonyl (C=O) groups excluding carboxylic acids is 1. The van der Waals surface area contributed by atoms with Crippen LogP contribution in [0.3, 0.4) is 0 Å². The van der Waals surface area contributed by atoms with Crippen molar-refractivity contribution in [3.05, 3.63) is 34.5 Å². The van der Waals surface area contributed by atoms with Crippen molar-refractivity contribution < 1.29 is 13.7 Å². The second-order valence-electron chi connectivity index (χ2n) is 8.90. The predicted molar refractivity (Wildman–Crippen MR) is 118 cm³/mol. The number of aryl methyl sites for hydroxylation is 2. The fraction of sp³-hybridized carbons (Fsp3) is 0.524. The van der Waals surface area contributed by atoms with E-state index in [1.807, 2.05) is 14.0 Å². The van der Waals surface area contributed by atoms with Crippen LogP contribution in [0, 0.1) is 0 Å². The highest BCUT2D eigenvalue weighted by molar-refractivity contribution is 7.91. The molecule has 1 aromatic carbocycles. The number of likely N-dealkylation sites (N-methyl/N-ethyl adjacent to an activating group) is 1. The van der Waals surface area contributed by atoms with Crippen LogP contribution in [-0.4, -0.2) is 39.2 Å². The maximum Gasteiger partial charge on any atom is 0.354 e. The number of amides is 2. The van der Waals surface area contributed by atoms with Crippen LogP contribution in [0.15, 0.2) is 21.5 Å². The lowest BCUT2D eigenvalue weighted by molar-refractivity contribution is 0.121. The third kappa shape index (κ3) is 3.52. The molecule has 0 saturated carbocycles. The fourth-order valence-electron chi connectivity index (χ4n) is 4.84. The van der Waals surface area contributed by atoms with Gasteiger partial charge in [-0.25, -0.2) is 18.8 Å². The van der Waals surface area contributed by atoms with E-state index < -0.39 is 15.9 Å². The van der Waals surface area contributed by atoms with Gasteiger partial charge in [-0.05, 0) is 74.8 Å². The molecule has 3 aliphatic rings. The summed E-state index contributed by atoms with van der Waals surface area (Å²) >= 11 is 0. The fourth-order valence-corrected chi connectivity index (χ4v) is 5.84. The quantitative estimate of drug-likeness (QED) is 0.669. The van der Waals surface area contributed by atoms with Crippen molar-refractivity contribution in [1.29, 1.82) is 0 Å². The van der Waals surface area contributed by atoms with Gasteiger partial charge in [0.25, 0.3) is 0 Å². The number of hydrogen-bond acceptors (Lipinski definition) is 5. The lowest BCUT2D eigenvalue weighted by atomic mass is 9.99. The summed E-state index contributed by atoms with van der Waals surface area (Å²) in [5.74, 6) is 0.304. The van der Waals surface area contributed by atoms with Crippen LogP contribution in [0.5, 0.6) is 5.88 Å². The van der Waals surface area contributed by atoms with Gasteiger partial charge in [0.05, 0.1) is 18.3 Å². The number of nitrogens with zero attached hydrogens (tertiary/aromatic N) is 3. The molecule has 5 rings (SSSR count). The number of hydrogen-bond donors (Lipinski definition) is 3. The molecule has 2 amide bonds. The number of rotatable bonds is 3. The van der Waals surface area contributed by atoms with Gasteiger partial charge in [-0.1, -0.05) is 6.07 Å². The van der Waals surface area contributed by atoms with E-state index in [0.717, 1.165) is 44.2 Å². The number of urea groups is 1. The van der Waals surface area contributed by atoms with E-state index in [1.165, 1.54) is 28.5 Å². The van der Waals surface area contributed by atoms with E-state index in [4.69, 9.17) is 9.88 Å². The van der Waals surface area contributed by atoms with Crippen LogP contribution in [-0.2, 0) is 42.1 Å². The SMILES string of the molecule is CN[C@]1(C)COc2c(S(N)(=O)=NC(=O)Nc3c4c(cc5c3CCC5)CCC4)cnn2C1. The molecule has 1 aliphatic heterocycles. The Kier molecular flexibility index (Phi) is 4.83. The molecular weight excluding hydrogens is 416 g/mol. The van der Waals surface area contributed by atoms with Gasteiger partial charge in [-0.3, -0.25) is 0 Å². The summed E-state index contributed by atoms with van der Waals surface area (Å²) in [7, 11) is -1.67. The Morgan fingerprint density at radius 2 is 1.94 bits per heavy atom. The Labute approximate surface area is 182 Å². The Bertz CT molecular complexity index is 1160.